The number of hydrogen-bond acceptors (Lipinski definition) is 6. The number of nitrogens with zero attached hydrogens (tertiary/aromatic N) is 1. The van der Waals surface area contributed by atoms with Gasteiger partial charge in [0.2, 0.25) is 5.91 Å². The van der Waals surface area contributed by atoms with Crippen LogP contribution in [0, 0.1) is 0 Å². The Morgan fingerprint density at radius 1 is 1.50 bits per heavy atom. The van der Waals surface area contributed by atoms with E-state index in [4.69, 9.17) is 10.5 Å². The van der Waals surface area contributed by atoms with Crippen molar-refractivity contribution >= 4 is 22.8 Å². The molecule has 0 radical (unpaired) electrons. The SMILES string of the molecule is COc1ccc([C@H]2N=C(SCC(N)=O)NN2)cc1. The van der Waals surface area contributed by atoms with E-state index in [1.807, 2.05) is 24.3 Å². The topological polar surface area (TPSA) is 88.7 Å². The quantitative estimate of drug-likeness (QED) is 0.733. The van der Waals surface area contributed by atoms with Gasteiger partial charge in [0.25, 0.3) is 0 Å². The zero-order valence-electron chi connectivity index (χ0n) is 9.84. The van der Waals surface area contributed by atoms with Gasteiger partial charge in [0.15, 0.2) is 5.17 Å². The lowest BCUT2D eigenvalue weighted by atomic mass is 10.2. The first-order valence-corrected chi connectivity index (χ1v) is 6.32. The fraction of sp³-hybridized carbons (Fsp3) is 0.273. The smallest absolute Gasteiger partial charge is 0.227 e. The van der Waals surface area contributed by atoms with E-state index in [9.17, 15) is 4.79 Å². The van der Waals surface area contributed by atoms with Crippen LogP contribution in [0.3, 0.4) is 0 Å². The molecule has 7 heteroatoms. The first kappa shape index (κ1) is 12.7. The molecule has 1 aliphatic rings. The number of thioether (sulfide) groups is 1. The number of primary amides is 1. The highest BCUT2D eigenvalue weighted by atomic mass is 32.2. The number of nitrogens with one attached hydrogen (secondary N) is 2. The minimum atomic E-state index is -0.364. The molecule has 0 saturated carbocycles. The Hall–Kier alpha value is -1.73. The summed E-state index contributed by atoms with van der Waals surface area (Å²) in [7, 11) is 1.63. The third-order valence-electron chi connectivity index (χ3n) is 2.34. The molecule has 1 aromatic carbocycles. The van der Waals surface area contributed by atoms with Crippen molar-refractivity contribution in [3.63, 3.8) is 0 Å². The van der Waals surface area contributed by atoms with E-state index in [0.717, 1.165) is 11.3 Å². The Bertz CT molecular complexity index is 461. The van der Waals surface area contributed by atoms with Crippen molar-refractivity contribution in [2.24, 2.45) is 10.7 Å². The van der Waals surface area contributed by atoms with Gasteiger partial charge in [-0.05, 0) is 17.7 Å². The minimum absolute atomic E-state index is 0.161. The van der Waals surface area contributed by atoms with Gasteiger partial charge in [0, 0.05) is 0 Å². The summed E-state index contributed by atoms with van der Waals surface area (Å²) in [5.41, 5.74) is 12.0. The normalized spacial score (nSPS) is 18.1. The summed E-state index contributed by atoms with van der Waals surface area (Å²) in [4.78, 5) is 15.1. The number of carbonyl (C=O) groups is 1. The number of hydrogen-bond donors (Lipinski definition) is 3. The lowest BCUT2D eigenvalue weighted by Crippen LogP contribution is -2.30. The molecule has 1 aromatic rings. The largest absolute Gasteiger partial charge is 0.497 e. The van der Waals surface area contributed by atoms with Crippen LogP contribution in [0.5, 0.6) is 5.75 Å². The highest BCUT2D eigenvalue weighted by Gasteiger charge is 2.18. The monoisotopic (exact) mass is 266 g/mol. The first-order chi connectivity index (χ1) is 8.69. The van der Waals surface area contributed by atoms with Gasteiger partial charge in [-0.1, -0.05) is 23.9 Å². The molecule has 0 aromatic heterocycles. The van der Waals surface area contributed by atoms with Gasteiger partial charge in [0.1, 0.15) is 11.9 Å². The summed E-state index contributed by atoms with van der Waals surface area (Å²) in [5, 5.41) is 0.662. The van der Waals surface area contributed by atoms with Gasteiger partial charge in [-0.15, -0.1) is 0 Å². The summed E-state index contributed by atoms with van der Waals surface area (Å²) >= 11 is 1.28. The van der Waals surface area contributed by atoms with E-state index in [2.05, 4.69) is 15.8 Å². The number of aliphatic imine (C=N–C) groups is 1. The molecule has 2 rings (SSSR count). The molecule has 0 fully saturated rings. The zero-order valence-corrected chi connectivity index (χ0v) is 10.7. The average molecular weight is 266 g/mol. The van der Waals surface area contributed by atoms with E-state index in [1.165, 1.54) is 11.8 Å². The summed E-state index contributed by atoms with van der Waals surface area (Å²) < 4.78 is 5.09. The number of amides is 1. The Labute approximate surface area is 109 Å². The fourth-order valence-corrected chi connectivity index (χ4v) is 2.06. The van der Waals surface area contributed by atoms with Gasteiger partial charge < -0.3 is 10.5 Å². The van der Waals surface area contributed by atoms with E-state index in [1.54, 1.807) is 7.11 Å². The lowest BCUT2D eigenvalue weighted by Gasteiger charge is -2.08. The van der Waals surface area contributed by atoms with Crippen molar-refractivity contribution in [1.29, 1.82) is 0 Å². The highest BCUT2D eigenvalue weighted by Crippen LogP contribution is 2.21. The summed E-state index contributed by atoms with van der Waals surface area (Å²) in [5.74, 6) is 0.650. The van der Waals surface area contributed by atoms with Crippen molar-refractivity contribution in [2.75, 3.05) is 12.9 Å². The predicted octanol–water partition coefficient (Wildman–Crippen LogP) is 0.376. The molecule has 0 saturated heterocycles. The maximum atomic E-state index is 10.7. The standard InChI is InChI=1S/C11H14N4O2S/c1-17-8-4-2-7(3-5-8)10-13-11(15-14-10)18-6-9(12)16/h2-5,10,14H,6H2,1H3,(H2,12,16)(H,13,15)/t10-/m0/s1. The summed E-state index contributed by atoms with van der Waals surface area (Å²) in [6, 6.07) is 7.62. The van der Waals surface area contributed by atoms with Crippen LogP contribution in [0.4, 0.5) is 0 Å². The minimum Gasteiger partial charge on any atom is -0.497 e. The maximum Gasteiger partial charge on any atom is 0.227 e. The molecule has 0 bridgehead atoms. The number of hydrazine groups is 1. The maximum absolute atomic E-state index is 10.7. The Morgan fingerprint density at radius 2 is 2.22 bits per heavy atom. The number of rotatable bonds is 4. The molecule has 4 N–H and O–H groups in total. The van der Waals surface area contributed by atoms with Crippen LogP contribution in [0.1, 0.15) is 11.7 Å². The molecule has 0 spiro atoms. The Balaban J connectivity index is 1.99. The van der Waals surface area contributed by atoms with Crippen LogP contribution < -0.4 is 21.3 Å². The van der Waals surface area contributed by atoms with Crippen molar-refractivity contribution in [3.05, 3.63) is 29.8 Å². The average Bonchev–Trinajstić information content (AvgIpc) is 2.85. The molecule has 1 aliphatic heterocycles. The van der Waals surface area contributed by atoms with Crippen LogP contribution in [0.2, 0.25) is 0 Å². The van der Waals surface area contributed by atoms with E-state index >= 15 is 0 Å². The van der Waals surface area contributed by atoms with Gasteiger partial charge in [-0.25, -0.2) is 10.4 Å². The Kier molecular flexibility index (Phi) is 4.06. The Morgan fingerprint density at radius 3 is 2.83 bits per heavy atom. The third-order valence-corrected chi connectivity index (χ3v) is 3.25. The van der Waals surface area contributed by atoms with E-state index in [-0.39, 0.29) is 17.8 Å². The summed E-state index contributed by atoms with van der Waals surface area (Å²) in [6.45, 7) is 0. The number of carbonyl (C=O) groups excluding carboxylic acids is 1. The molecule has 1 atom stereocenters. The van der Waals surface area contributed by atoms with Crippen molar-refractivity contribution < 1.29 is 9.53 Å². The van der Waals surface area contributed by atoms with Crippen molar-refractivity contribution in [1.82, 2.24) is 10.9 Å². The first-order valence-electron chi connectivity index (χ1n) is 5.33. The van der Waals surface area contributed by atoms with Crippen LogP contribution in [0.15, 0.2) is 29.3 Å². The molecule has 0 aliphatic carbocycles. The van der Waals surface area contributed by atoms with Crippen LogP contribution in [-0.2, 0) is 4.79 Å². The molecule has 6 nitrogen and oxygen atoms in total. The second-order valence-corrected chi connectivity index (χ2v) is 4.60. The van der Waals surface area contributed by atoms with Gasteiger partial charge in [-0.2, -0.15) is 0 Å². The second-order valence-electron chi connectivity index (χ2n) is 3.63. The van der Waals surface area contributed by atoms with Gasteiger partial charge in [-0.3, -0.25) is 10.2 Å². The molecular formula is C11H14N4O2S. The molecule has 0 unspecified atom stereocenters. The van der Waals surface area contributed by atoms with Crippen molar-refractivity contribution in [3.8, 4) is 5.75 Å². The van der Waals surface area contributed by atoms with E-state index < -0.39 is 0 Å². The van der Waals surface area contributed by atoms with Crippen molar-refractivity contribution in [2.45, 2.75) is 6.17 Å². The second kappa shape index (κ2) is 5.74. The van der Waals surface area contributed by atoms with Gasteiger partial charge >= 0.3 is 0 Å². The number of benzene rings is 1. The number of nitrogens with two attached hydrogens (primary N) is 1. The van der Waals surface area contributed by atoms with Crippen LogP contribution >= 0.6 is 11.8 Å². The number of ether oxygens (including phenoxy) is 1. The highest BCUT2D eigenvalue weighted by molar-refractivity contribution is 8.14. The van der Waals surface area contributed by atoms with Crippen LogP contribution in [0.25, 0.3) is 0 Å². The number of methoxy groups -OCH3 is 1. The molecule has 1 heterocycles. The third kappa shape index (κ3) is 3.14. The fourth-order valence-electron chi connectivity index (χ4n) is 1.47. The summed E-state index contributed by atoms with van der Waals surface area (Å²) in [6.07, 6.45) is -0.161. The molecule has 96 valence electrons. The predicted molar refractivity (Wildman–Crippen MR) is 71.1 cm³/mol. The molecule has 18 heavy (non-hydrogen) atoms. The lowest BCUT2D eigenvalue weighted by molar-refractivity contribution is -0.115. The van der Waals surface area contributed by atoms with Gasteiger partial charge in [0.05, 0.1) is 12.9 Å². The van der Waals surface area contributed by atoms with E-state index in [0.29, 0.717) is 5.17 Å². The van der Waals surface area contributed by atoms with Crippen LogP contribution in [-0.4, -0.2) is 23.9 Å². The molecule has 1 amide bonds. The zero-order chi connectivity index (χ0) is 13.0. The number of amidine groups is 1. The molecular weight excluding hydrogens is 252 g/mol.